The largest absolute Gasteiger partial charge is 0.468 e. The van der Waals surface area contributed by atoms with Crippen LogP contribution in [0.1, 0.15) is 11.1 Å². The highest BCUT2D eigenvalue weighted by atomic mass is 16.6. The van der Waals surface area contributed by atoms with Gasteiger partial charge < -0.3 is 14.4 Å². The molecular weight excluding hydrogens is 344 g/mol. The van der Waals surface area contributed by atoms with Crippen LogP contribution >= 0.6 is 0 Å². The van der Waals surface area contributed by atoms with Gasteiger partial charge in [-0.15, -0.1) is 0 Å². The lowest BCUT2D eigenvalue weighted by Crippen LogP contribution is -2.57. The summed E-state index contributed by atoms with van der Waals surface area (Å²) in [5.41, 5.74) is 2.05. The minimum Gasteiger partial charge on any atom is -0.468 e. The zero-order chi connectivity index (χ0) is 19.1. The number of hydrogen-bond donors (Lipinski definition) is 0. The first-order chi connectivity index (χ1) is 13.2. The zero-order valence-electron chi connectivity index (χ0n) is 15.4. The third kappa shape index (κ3) is 5.08. The molecule has 1 aliphatic heterocycles. The van der Waals surface area contributed by atoms with Crippen molar-refractivity contribution >= 4 is 12.1 Å². The van der Waals surface area contributed by atoms with Crippen LogP contribution in [-0.4, -0.2) is 54.6 Å². The molecule has 2 aromatic rings. The number of nitrogens with zero attached hydrogens (tertiary/aromatic N) is 2. The molecule has 6 nitrogen and oxygen atoms in total. The second-order valence-corrected chi connectivity index (χ2v) is 6.48. The van der Waals surface area contributed by atoms with Gasteiger partial charge in [0, 0.05) is 19.6 Å². The third-order valence-electron chi connectivity index (χ3n) is 4.66. The van der Waals surface area contributed by atoms with Gasteiger partial charge in [0.2, 0.25) is 0 Å². The molecule has 0 bridgehead atoms. The number of ether oxygens (including phenoxy) is 2. The number of carbonyl (C=O) groups excluding carboxylic acids is 2. The molecule has 6 heteroatoms. The number of methoxy groups -OCH3 is 1. The van der Waals surface area contributed by atoms with Gasteiger partial charge in [-0.2, -0.15) is 0 Å². The van der Waals surface area contributed by atoms with Crippen molar-refractivity contribution in [2.45, 2.75) is 19.2 Å². The van der Waals surface area contributed by atoms with E-state index in [9.17, 15) is 9.59 Å². The maximum absolute atomic E-state index is 12.4. The Morgan fingerprint density at radius 3 is 2.22 bits per heavy atom. The Morgan fingerprint density at radius 1 is 0.963 bits per heavy atom. The van der Waals surface area contributed by atoms with Crippen LogP contribution in [0, 0.1) is 0 Å². The Labute approximate surface area is 159 Å². The molecule has 0 N–H and O–H groups in total. The molecule has 2 aromatic carbocycles. The SMILES string of the molecule is COC(=O)C1CN(C(=O)OCc2ccccc2)CCN1Cc1ccccc1. The summed E-state index contributed by atoms with van der Waals surface area (Å²) in [6.45, 7) is 2.19. The minimum absolute atomic E-state index is 0.215. The topological polar surface area (TPSA) is 59.1 Å². The van der Waals surface area contributed by atoms with Crippen LogP contribution in [0.15, 0.2) is 60.7 Å². The van der Waals surface area contributed by atoms with Gasteiger partial charge in [-0.05, 0) is 11.1 Å². The van der Waals surface area contributed by atoms with Crippen molar-refractivity contribution in [3.8, 4) is 0 Å². The van der Waals surface area contributed by atoms with Gasteiger partial charge >= 0.3 is 12.1 Å². The summed E-state index contributed by atoms with van der Waals surface area (Å²) in [6, 6.07) is 19.0. The maximum atomic E-state index is 12.4. The molecule has 0 saturated carbocycles. The smallest absolute Gasteiger partial charge is 0.410 e. The number of rotatable bonds is 5. The molecule has 1 saturated heterocycles. The Hall–Kier alpha value is -2.86. The Morgan fingerprint density at radius 2 is 1.59 bits per heavy atom. The molecule has 27 heavy (non-hydrogen) atoms. The van der Waals surface area contributed by atoms with E-state index in [1.807, 2.05) is 65.6 Å². The van der Waals surface area contributed by atoms with E-state index in [0.29, 0.717) is 19.6 Å². The van der Waals surface area contributed by atoms with Crippen LogP contribution in [0.3, 0.4) is 0 Å². The Kier molecular flexibility index (Phi) is 6.44. The lowest BCUT2D eigenvalue weighted by atomic mass is 10.1. The number of amides is 1. The van der Waals surface area contributed by atoms with Crippen LogP contribution in [0.25, 0.3) is 0 Å². The van der Waals surface area contributed by atoms with Gasteiger partial charge in [-0.3, -0.25) is 9.69 Å². The van der Waals surface area contributed by atoms with Crippen LogP contribution in [0.5, 0.6) is 0 Å². The molecule has 0 aliphatic carbocycles. The van der Waals surface area contributed by atoms with Crippen LogP contribution < -0.4 is 0 Å². The summed E-state index contributed by atoms with van der Waals surface area (Å²) in [5, 5.41) is 0. The van der Waals surface area contributed by atoms with Crippen LogP contribution in [0.4, 0.5) is 4.79 Å². The number of hydrogen-bond acceptors (Lipinski definition) is 5. The van der Waals surface area contributed by atoms with Crippen molar-refractivity contribution in [3.05, 3.63) is 71.8 Å². The van der Waals surface area contributed by atoms with Gasteiger partial charge in [-0.25, -0.2) is 4.79 Å². The molecular formula is C21H24N2O4. The first-order valence-corrected chi connectivity index (χ1v) is 8.99. The van der Waals surface area contributed by atoms with Gasteiger partial charge in [0.1, 0.15) is 12.6 Å². The van der Waals surface area contributed by atoms with Crippen molar-refractivity contribution in [2.24, 2.45) is 0 Å². The van der Waals surface area contributed by atoms with Crippen LogP contribution in [-0.2, 0) is 27.4 Å². The molecule has 1 atom stereocenters. The normalized spacial score (nSPS) is 17.4. The van der Waals surface area contributed by atoms with Gasteiger partial charge in [0.25, 0.3) is 0 Å². The van der Waals surface area contributed by atoms with E-state index in [2.05, 4.69) is 0 Å². The second kappa shape index (κ2) is 9.19. The van der Waals surface area contributed by atoms with Crippen molar-refractivity contribution in [1.29, 1.82) is 0 Å². The first-order valence-electron chi connectivity index (χ1n) is 8.99. The van der Waals surface area contributed by atoms with Crippen LogP contribution in [0.2, 0.25) is 0 Å². The predicted molar refractivity (Wildman–Crippen MR) is 101 cm³/mol. The lowest BCUT2D eigenvalue weighted by Gasteiger charge is -2.39. The fraction of sp³-hybridized carbons (Fsp3) is 0.333. The molecule has 142 valence electrons. The van der Waals surface area contributed by atoms with E-state index in [4.69, 9.17) is 9.47 Å². The summed E-state index contributed by atoms with van der Waals surface area (Å²) in [5.74, 6) is -0.341. The average Bonchev–Trinajstić information content (AvgIpc) is 2.73. The third-order valence-corrected chi connectivity index (χ3v) is 4.66. The van der Waals surface area contributed by atoms with Crippen molar-refractivity contribution < 1.29 is 19.1 Å². The summed E-state index contributed by atoms with van der Waals surface area (Å²) in [6.07, 6.45) is -0.410. The average molecular weight is 368 g/mol. The lowest BCUT2D eigenvalue weighted by molar-refractivity contribution is -0.149. The van der Waals surface area contributed by atoms with E-state index in [1.165, 1.54) is 7.11 Å². The highest BCUT2D eigenvalue weighted by Gasteiger charge is 2.35. The monoisotopic (exact) mass is 368 g/mol. The second-order valence-electron chi connectivity index (χ2n) is 6.48. The highest BCUT2D eigenvalue weighted by Crippen LogP contribution is 2.16. The van der Waals surface area contributed by atoms with E-state index in [0.717, 1.165) is 11.1 Å². The van der Waals surface area contributed by atoms with Gasteiger partial charge in [0.05, 0.1) is 13.7 Å². The number of piperazine rings is 1. The van der Waals surface area contributed by atoms with Gasteiger partial charge in [-0.1, -0.05) is 60.7 Å². The molecule has 1 unspecified atom stereocenters. The quantitative estimate of drug-likeness (QED) is 0.760. The summed E-state index contributed by atoms with van der Waals surface area (Å²) >= 11 is 0. The Balaban J connectivity index is 1.61. The minimum atomic E-state index is -0.506. The van der Waals surface area contributed by atoms with E-state index < -0.39 is 12.1 Å². The fourth-order valence-electron chi connectivity index (χ4n) is 3.16. The molecule has 3 rings (SSSR count). The summed E-state index contributed by atoms with van der Waals surface area (Å²) < 4.78 is 10.4. The Bertz CT molecular complexity index is 751. The fourth-order valence-corrected chi connectivity index (χ4v) is 3.16. The zero-order valence-corrected chi connectivity index (χ0v) is 15.4. The maximum Gasteiger partial charge on any atom is 0.410 e. The molecule has 0 aromatic heterocycles. The summed E-state index contributed by atoms with van der Waals surface area (Å²) in [7, 11) is 1.37. The van der Waals surface area contributed by atoms with E-state index in [1.54, 1.807) is 4.90 Å². The molecule has 1 heterocycles. The van der Waals surface area contributed by atoms with Crippen molar-refractivity contribution in [1.82, 2.24) is 9.80 Å². The molecule has 0 radical (unpaired) electrons. The van der Waals surface area contributed by atoms with Gasteiger partial charge in [0.15, 0.2) is 0 Å². The standard InChI is InChI=1S/C21H24N2O4/c1-26-20(24)19-15-23(21(25)27-16-18-10-6-3-7-11-18)13-12-22(19)14-17-8-4-2-5-9-17/h2-11,19H,12-16H2,1H3. The number of benzene rings is 2. The number of esters is 1. The molecule has 1 amide bonds. The summed E-state index contributed by atoms with van der Waals surface area (Å²) in [4.78, 5) is 28.3. The highest BCUT2D eigenvalue weighted by molar-refractivity contribution is 5.77. The van der Waals surface area contributed by atoms with E-state index in [-0.39, 0.29) is 19.1 Å². The molecule has 1 fully saturated rings. The molecule has 0 spiro atoms. The predicted octanol–water partition coefficient (Wildman–Crippen LogP) is 2.68. The molecule has 1 aliphatic rings. The van der Waals surface area contributed by atoms with E-state index >= 15 is 0 Å². The number of carbonyl (C=O) groups is 2. The first kappa shape index (κ1) is 18.9. The van der Waals surface area contributed by atoms with Crippen molar-refractivity contribution in [3.63, 3.8) is 0 Å². The van der Waals surface area contributed by atoms with Crippen molar-refractivity contribution in [2.75, 3.05) is 26.7 Å².